The maximum Gasteiger partial charge on any atom is 0.238 e. The molecule has 1 rings (SSSR count). The van der Waals surface area contributed by atoms with Crippen molar-refractivity contribution in [1.29, 1.82) is 0 Å². The molecule has 0 fully saturated rings. The van der Waals surface area contributed by atoms with Crippen LogP contribution in [0.25, 0.3) is 0 Å². The van der Waals surface area contributed by atoms with Crippen molar-refractivity contribution in [3.05, 3.63) is 23.9 Å². The molecule has 0 bridgehead atoms. The first-order valence-electron chi connectivity index (χ1n) is 4.68. The summed E-state index contributed by atoms with van der Waals surface area (Å²) in [5.74, 6) is 0.396. The molecule has 0 aliphatic carbocycles. The maximum absolute atomic E-state index is 11.8. The molecular formula is C10H16N2O2S. The number of aromatic nitrogens is 1. The van der Waals surface area contributed by atoms with Crippen molar-refractivity contribution in [1.82, 2.24) is 4.98 Å². The molecule has 0 aromatic carbocycles. The number of sulfonamides is 1. The van der Waals surface area contributed by atoms with E-state index >= 15 is 0 Å². The minimum atomic E-state index is -3.39. The van der Waals surface area contributed by atoms with Crippen LogP contribution in [0.5, 0.6) is 0 Å². The number of nitrogens with one attached hydrogen (secondary N) is 1. The van der Waals surface area contributed by atoms with Crippen molar-refractivity contribution in [2.24, 2.45) is 0 Å². The predicted octanol–water partition coefficient (Wildman–Crippen LogP) is 1.93. The van der Waals surface area contributed by atoms with E-state index in [-0.39, 0.29) is 0 Å². The number of pyridine rings is 1. The van der Waals surface area contributed by atoms with Crippen LogP contribution in [0.4, 0.5) is 5.82 Å². The highest BCUT2D eigenvalue weighted by atomic mass is 32.2. The maximum atomic E-state index is 11.8. The van der Waals surface area contributed by atoms with Gasteiger partial charge in [-0.1, -0.05) is 6.07 Å². The van der Waals surface area contributed by atoms with E-state index in [0.717, 1.165) is 5.56 Å². The van der Waals surface area contributed by atoms with Crippen LogP contribution in [0.3, 0.4) is 0 Å². The molecule has 0 atom stereocenters. The Morgan fingerprint density at radius 1 is 1.33 bits per heavy atom. The zero-order valence-electron chi connectivity index (χ0n) is 9.40. The number of nitrogens with zero attached hydrogens (tertiary/aromatic N) is 1. The first kappa shape index (κ1) is 12.0. The summed E-state index contributed by atoms with van der Waals surface area (Å²) in [6, 6.07) is 3.58. The number of rotatable bonds is 2. The van der Waals surface area contributed by atoms with Gasteiger partial charge in [-0.05, 0) is 39.3 Å². The predicted molar refractivity (Wildman–Crippen MR) is 61.3 cm³/mol. The first-order chi connectivity index (χ1) is 6.74. The standard InChI is InChI=1S/C10H16N2O2S/c1-8-6-5-7-11-9(8)12-15(13,14)10(2,3)4/h5-7H,1-4H3,(H,11,12). The summed E-state index contributed by atoms with van der Waals surface area (Å²) < 4.78 is 25.3. The van der Waals surface area contributed by atoms with Crippen LogP contribution in [-0.4, -0.2) is 18.1 Å². The third-order valence-corrected chi connectivity index (χ3v) is 4.12. The van der Waals surface area contributed by atoms with Crippen LogP contribution >= 0.6 is 0 Å². The van der Waals surface area contributed by atoms with Gasteiger partial charge in [0.25, 0.3) is 0 Å². The van der Waals surface area contributed by atoms with Crippen molar-refractivity contribution in [2.75, 3.05) is 4.72 Å². The van der Waals surface area contributed by atoms with Crippen LogP contribution in [0.2, 0.25) is 0 Å². The van der Waals surface area contributed by atoms with Gasteiger partial charge in [0.1, 0.15) is 5.82 Å². The van der Waals surface area contributed by atoms with Crippen LogP contribution in [-0.2, 0) is 10.0 Å². The fraction of sp³-hybridized carbons (Fsp3) is 0.500. The summed E-state index contributed by atoms with van der Waals surface area (Å²) in [6.45, 7) is 6.75. The van der Waals surface area contributed by atoms with Gasteiger partial charge in [0, 0.05) is 6.20 Å². The highest BCUT2D eigenvalue weighted by molar-refractivity contribution is 7.94. The van der Waals surface area contributed by atoms with E-state index in [1.165, 1.54) is 0 Å². The minimum Gasteiger partial charge on any atom is -0.267 e. The van der Waals surface area contributed by atoms with E-state index in [0.29, 0.717) is 5.82 Å². The lowest BCUT2D eigenvalue weighted by atomic mass is 10.3. The second-order valence-corrected chi connectivity index (χ2v) is 6.82. The Morgan fingerprint density at radius 3 is 2.40 bits per heavy atom. The lowest BCUT2D eigenvalue weighted by molar-refractivity contribution is 0.565. The first-order valence-corrected chi connectivity index (χ1v) is 6.16. The van der Waals surface area contributed by atoms with Gasteiger partial charge in [-0.2, -0.15) is 0 Å². The molecule has 1 N–H and O–H groups in total. The number of anilines is 1. The minimum absolute atomic E-state index is 0.396. The van der Waals surface area contributed by atoms with Crippen molar-refractivity contribution in [2.45, 2.75) is 32.4 Å². The second kappa shape index (κ2) is 3.81. The third-order valence-electron chi connectivity index (χ3n) is 2.05. The van der Waals surface area contributed by atoms with Gasteiger partial charge >= 0.3 is 0 Å². The zero-order valence-corrected chi connectivity index (χ0v) is 10.2. The molecule has 0 unspecified atom stereocenters. The summed E-state index contributed by atoms with van der Waals surface area (Å²) in [6.07, 6.45) is 1.56. The highest BCUT2D eigenvalue weighted by Gasteiger charge is 2.29. The van der Waals surface area contributed by atoms with Crippen LogP contribution in [0.15, 0.2) is 18.3 Å². The molecule has 0 amide bonds. The Bertz CT molecular complexity index is 447. The van der Waals surface area contributed by atoms with E-state index in [9.17, 15) is 8.42 Å². The molecule has 1 aromatic rings. The second-order valence-electron chi connectivity index (χ2n) is 4.39. The van der Waals surface area contributed by atoms with E-state index in [1.807, 2.05) is 13.0 Å². The summed E-state index contributed by atoms with van der Waals surface area (Å²) in [4.78, 5) is 3.99. The summed E-state index contributed by atoms with van der Waals surface area (Å²) in [5.41, 5.74) is 0.810. The molecule has 0 saturated heterocycles. The third kappa shape index (κ3) is 2.68. The van der Waals surface area contributed by atoms with E-state index < -0.39 is 14.8 Å². The molecule has 1 aromatic heterocycles. The molecule has 84 valence electrons. The van der Waals surface area contributed by atoms with E-state index in [2.05, 4.69) is 9.71 Å². The average molecular weight is 228 g/mol. The fourth-order valence-electron chi connectivity index (χ4n) is 0.873. The molecule has 5 heteroatoms. The SMILES string of the molecule is Cc1cccnc1NS(=O)(=O)C(C)(C)C. The van der Waals surface area contributed by atoms with Crippen LogP contribution in [0, 0.1) is 6.92 Å². The summed E-state index contributed by atoms with van der Waals surface area (Å²) in [7, 11) is -3.39. The largest absolute Gasteiger partial charge is 0.267 e. The topological polar surface area (TPSA) is 59.1 Å². The van der Waals surface area contributed by atoms with Gasteiger partial charge in [0.2, 0.25) is 10.0 Å². The molecule has 15 heavy (non-hydrogen) atoms. The molecule has 0 radical (unpaired) electrons. The lowest BCUT2D eigenvalue weighted by Crippen LogP contribution is -2.34. The Morgan fingerprint density at radius 2 is 1.93 bits per heavy atom. The van der Waals surface area contributed by atoms with Crippen LogP contribution in [0.1, 0.15) is 26.3 Å². The van der Waals surface area contributed by atoms with E-state index in [4.69, 9.17) is 0 Å². The summed E-state index contributed by atoms with van der Waals surface area (Å²) >= 11 is 0. The molecule has 1 heterocycles. The van der Waals surface area contributed by atoms with Crippen molar-refractivity contribution < 1.29 is 8.42 Å². The highest BCUT2D eigenvalue weighted by Crippen LogP contribution is 2.19. The Labute approximate surface area is 90.8 Å². The lowest BCUT2D eigenvalue weighted by Gasteiger charge is -2.20. The van der Waals surface area contributed by atoms with Gasteiger partial charge in [0.05, 0.1) is 4.75 Å². The number of hydrogen-bond donors (Lipinski definition) is 1. The van der Waals surface area contributed by atoms with Crippen LogP contribution < -0.4 is 4.72 Å². The van der Waals surface area contributed by atoms with Crippen molar-refractivity contribution in [3.63, 3.8) is 0 Å². The Kier molecular flexibility index (Phi) is 3.04. The molecule has 4 nitrogen and oxygen atoms in total. The smallest absolute Gasteiger partial charge is 0.238 e. The van der Waals surface area contributed by atoms with Gasteiger partial charge < -0.3 is 0 Å². The zero-order chi connectivity index (χ0) is 11.7. The van der Waals surface area contributed by atoms with Crippen molar-refractivity contribution in [3.8, 4) is 0 Å². The Hall–Kier alpha value is -1.10. The Balaban J connectivity index is 3.03. The van der Waals surface area contributed by atoms with Gasteiger partial charge in [-0.3, -0.25) is 4.72 Å². The molecule has 0 saturated carbocycles. The quantitative estimate of drug-likeness (QED) is 0.841. The van der Waals surface area contributed by atoms with E-state index in [1.54, 1.807) is 33.0 Å². The molecule has 0 aliphatic heterocycles. The molecule has 0 spiro atoms. The van der Waals surface area contributed by atoms with Gasteiger partial charge in [0.15, 0.2) is 0 Å². The fourth-order valence-corrected chi connectivity index (χ4v) is 1.65. The van der Waals surface area contributed by atoms with Gasteiger partial charge in [-0.15, -0.1) is 0 Å². The van der Waals surface area contributed by atoms with Crippen molar-refractivity contribution >= 4 is 15.8 Å². The number of hydrogen-bond acceptors (Lipinski definition) is 3. The molecule has 0 aliphatic rings. The molecular weight excluding hydrogens is 212 g/mol. The summed E-state index contributed by atoms with van der Waals surface area (Å²) in [5, 5.41) is 0. The van der Waals surface area contributed by atoms with Gasteiger partial charge in [-0.25, -0.2) is 13.4 Å². The monoisotopic (exact) mass is 228 g/mol. The normalized spacial score (nSPS) is 12.5. The number of aryl methyl sites for hydroxylation is 1. The average Bonchev–Trinajstić information content (AvgIpc) is 2.06.